The van der Waals surface area contributed by atoms with Crippen LogP contribution in [0.3, 0.4) is 0 Å². The first-order valence-corrected chi connectivity index (χ1v) is 9.19. The van der Waals surface area contributed by atoms with Crippen LogP contribution in [0.25, 0.3) is 0 Å². The van der Waals surface area contributed by atoms with Crippen LogP contribution < -0.4 is 10.1 Å². The van der Waals surface area contributed by atoms with E-state index in [0.717, 1.165) is 44.2 Å². The Bertz CT molecular complexity index is 710. The lowest BCUT2D eigenvalue weighted by atomic mass is 10.1. The van der Waals surface area contributed by atoms with Crippen molar-refractivity contribution < 1.29 is 9.53 Å². The van der Waals surface area contributed by atoms with Gasteiger partial charge in [0.2, 0.25) is 0 Å². The molecule has 1 fully saturated rings. The van der Waals surface area contributed by atoms with E-state index in [4.69, 9.17) is 4.74 Å². The Balaban J connectivity index is 1.52. The largest absolute Gasteiger partial charge is 0.491 e. The van der Waals surface area contributed by atoms with Crippen LogP contribution in [0.2, 0.25) is 0 Å². The average Bonchev–Trinajstić information content (AvgIpc) is 2.64. The number of para-hydroxylation sites is 2. The third-order valence-electron chi connectivity index (χ3n) is 4.41. The number of nitrogens with zero attached hydrogens (tertiary/aromatic N) is 2. The number of benzene rings is 2. The molecule has 1 saturated heterocycles. The summed E-state index contributed by atoms with van der Waals surface area (Å²) in [7, 11) is 0. The van der Waals surface area contributed by atoms with E-state index in [1.165, 1.54) is 5.56 Å². The fourth-order valence-corrected chi connectivity index (χ4v) is 3.08. The molecule has 0 atom stereocenters. The smallest absolute Gasteiger partial charge is 0.321 e. The average molecular weight is 353 g/mol. The second-order valence-electron chi connectivity index (χ2n) is 6.83. The van der Waals surface area contributed by atoms with Crippen LogP contribution in [0.4, 0.5) is 10.5 Å². The van der Waals surface area contributed by atoms with Crippen molar-refractivity contribution in [3.05, 3.63) is 60.2 Å². The number of rotatable bonds is 5. The number of carbonyl (C=O) groups is 1. The molecule has 138 valence electrons. The van der Waals surface area contributed by atoms with Gasteiger partial charge in [-0.15, -0.1) is 0 Å². The highest BCUT2D eigenvalue weighted by Gasteiger charge is 2.22. The fourth-order valence-electron chi connectivity index (χ4n) is 3.08. The van der Waals surface area contributed by atoms with Crippen molar-refractivity contribution in [3.63, 3.8) is 0 Å². The Kier molecular flexibility index (Phi) is 6.12. The molecule has 5 nitrogen and oxygen atoms in total. The predicted molar refractivity (Wildman–Crippen MR) is 105 cm³/mol. The number of nitrogens with one attached hydrogen (secondary N) is 1. The number of anilines is 1. The van der Waals surface area contributed by atoms with Crippen LogP contribution in [0.15, 0.2) is 54.6 Å². The zero-order valence-electron chi connectivity index (χ0n) is 15.5. The molecule has 26 heavy (non-hydrogen) atoms. The van der Waals surface area contributed by atoms with Gasteiger partial charge in [-0.3, -0.25) is 4.90 Å². The summed E-state index contributed by atoms with van der Waals surface area (Å²) in [5, 5.41) is 2.96. The molecule has 0 aliphatic carbocycles. The van der Waals surface area contributed by atoms with Crippen LogP contribution in [-0.2, 0) is 6.54 Å². The second-order valence-corrected chi connectivity index (χ2v) is 6.83. The molecule has 1 aliphatic rings. The fraction of sp³-hybridized carbons (Fsp3) is 0.381. The standard InChI is InChI=1S/C21H27N3O2/c1-17(2)26-20-11-7-6-8-18(20)16-23-12-14-24(15-13-23)21(25)22-19-9-4-3-5-10-19/h3-11,17H,12-16H2,1-2H3,(H,22,25). The van der Waals surface area contributed by atoms with Gasteiger partial charge < -0.3 is 15.0 Å². The molecule has 0 unspecified atom stereocenters. The van der Waals surface area contributed by atoms with Gasteiger partial charge in [0.15, 0.2) is 0 Å². The van der Waals surface area contributed by atoms with E-state index in [1.807, 2.05) is 67.3 Å². The molecule has 2 aromatic carbocycles. The SMILES string of the molecule is CC(C)Oc1ccccc1CN1CCN(C(=O)Nc2ccccc2)CC1. The topological polar surface area (TPSA) is 44.8 Å². The van der Waals surface area contributed by atoms with Gasteiger partial charge in [0.05, 0.1) is 6.10 Å². The van der Waals surface area contributed by atoms with Crippen molar-refractivity contribution in [2.24, 2.45) is 0 Å². The van der Waals surface area contributed by atoms with Crippen molar-refractivity contribution >= 4 is 11.7 Å². The molecular formula is C21H27N3O2. The highest BCUT2D eigenvalue weighted by Crippen LogP contribution is 2.22. The zero-order chi connectivity index (χ0) is 18.4. The van der Waals surface area contributed by atoms with Crippen molar-refractivity contribution in [1.29, 1.82) is 0 Å². The maximum atomic E-state index is 12.4. The van der Waals surface area contributed by atoms with Crippen LogP contribution in [0, 0.1) is 0 Å². The van der Waals surface area contributed by atoms with E-state index in [1.54, 1.807) is 0 Å². The number of carbonyl (C=O) groups excluding carboxylic acids is 1. The van der Waals surface area contributed by atoms with Gasteiger partial charge in [0.25, 0.3) is 0 Å². The quantitative estimate of drug-likeness (QED) is 0.889. The lowest BCUT2D eigenvalue weighted by molar-refractivity contribution is 0.141. The van der Waals surface area contributed by atoms with Crippen LogP contribution in [0.5, 0.6) is 5.75 Å². The molecule has 0 radical (unpaired) electrons. The molecule has 5 heteroatoms. The Morgan fingerprint density at radius 1 is 1.00 bits per heavy atom. The van der Waals surface area contributed by atoms with Crippen molar-refractivity contribution in [1.82, 2.24) is 9.80 Å². The minimum atomic E-state index is -0.0283. The summed E-state index contributed by atoms with van der Waals surface area (Å²) in [6.45, 7) is 8.10. The number of amides is 2. The summed E-state index contributed by atoms with van der Waals surface area (Å²) in [4.78, 5) is 16.6. The first kappa shape index (κ1) is 18.3. The maximum absolute atomic E-state index is 12.4. The molecule has 1 N–H and O–H groups in total. The molecule has 3 rings (SSSR count). The molecule has 0 bridgehead atoms. The highest BCUT2D eigenvalue weighted by molar-refractivity contribution is 5.89. The van der Waals surface area contributed by atoms with Crippen molar-refractivity contribution in [3.8, 4) is 5.75 Å². The Morgan fingerprint density at radius 3 is 2.35 bits per heavy atom. The highest BCUT2D eigenvalue weighted by atomic mass is 16.5. The normalized spacial score (nSPS) is 15.1. The summed E-state index contributed by atoms with van der Waals surface area (Å²) in [6, 6.07) is 17.8. The van der Waals surface area contributed by atoms with E-state index in [0.29, 0.717) is 0 Å². The molecule has 2 amide bonds. The Morgan fingerprint density at radius 2 is 1.65 bits per heavy atom. The minimum absolute atomic E-state index is 0.0283. The number of urea groups is 1. The van der Waals surface area contributed by atoms with Gasteiger partial charge >= 0.3 is 6.03 Å². The predicted octanol–water partition coefficient (Wildman–Crippen LogP) is 3.82. The van der Waals surface area contributed by atoms with Gasteiger partial charge in [-0.1, -0.05) is 36.4 Å². The molecular weight excluding hydrogens is 326 g/mol. The lowest BCUT2D eigenvalue weighted by Crippen LogP contribution is -2.49. The molecule has 2 aromatic rings. The van der Waals surface area contributed by atoms with Crippen molar-refractivity contribution in [2.75, 3.05) is 31.5 Å². The number of hydrogen-bond donors (Lipinski definition) is 1. The third-order valence-corrected chi connectivity index (χ3v) is 4.41. The first-order chi connectivity index (χ1) is 12.6. The summed E-state index contributed by atoms with van der Waals surface area (Å²) < 4.78 is 5.91. The van der Waals surface area contributed by atoms with Crippen molar-refractivity contribution in [2.45, 2.75) is 26.5 Å². The molecule has 0 saturated carbocycles. The number of hydrogen-bond acceptors (Lipinski definition) is 3. The van der Waals surface area contributed by atoms with Gasteiger partial charge in [0, 0.05) is 44.0 Å². The summed E-state index contributed by atoms with van der Waals surface area (Å²) in [5.74, 6) is 0.951. The molecule has 1 heterocycles. The van der Waals surface area contributed by atoms with Gasteiger partial charge in [-0.05, 0) is 32.0 Å². The van der Waals surface area contributed by atoms with E-state index in [-0.39, 0.29) is 12.1 Å². The molecule has 0 aromatic heterocycles. The van der Waals surface area contributed by atoms with E-state index in [9.17, 15) is 4.79 Å². The van der Waals surface area contributed by atoms with Crippen LogP contribution in [0.1, 0.15) is 19.4 Å². The minimum Gasteiger partial charge on any atom is -0.491 e. The summed E-state index contributed by atoms with van der Waals surface area (Å²) in [5.41, 5.74) is 2.03. The molecule has 1 aliphatic heterocycles. The van der Waals surface area contributed by atoms with E-state index in [2.05, 4.69) is 16.3 Å². The van der Waals surface area contributed by atoms with Crippen LogP contribution >= 0.6 is 0 Å². The monoisotopic (exact) mass is 353 g/mol. The maximum Gasteiger partial charge on any atom is 0.321 e. The second kappa shape index (κ2) is 8.72. The number of ether oxygens (including phenoxy) is 1. The Labute approximate surface area is 155 Å². The number of piperazine rings is 1. The van der Waals surface area contributed by atoms with E-state index >= 15 is 0 Å². The summed E-state index contributed by atoms with van der Waals surface area (Å²) in [6.07, 6.45) is 0.162. The lowest BCUT2D eigenvalue weighted by Gasteiger charge is -2.35. The van der Waals surface area contributed by atoms with E-state index < -0.39 is 0 Å². The zero-order valence-corrected chi connectivity index (χ0v) is 15.5. The van der Waals surface area contributed by atoms with Crippen LogP contribution in [-0.4, -0.2) is 48.1 Å². The van der Waals surface area contributed by atoms with Gasteiger partial charge in [-0.25, -0.2) is 4.79 Å². The van der Waals surface area contributed by atoms with Gasteiger partial charge in [0.1, 0.15) is 5.75 Å². The third kappa shape index (κ3) is 4.99. The first-order valence-electron chi connectivity index (χ1n) is 9.19. The van der Waals surface area contributed by atoms with Gasteiger partial charge in [-0.2, -0.15) is 0 Å². The summed E-state index contributed by atoms with van der Waals surface area (Å²) >= 11 is 0. The Hall–Kier alpha value is -2.53. The molecule has 0 spiro atoms.